The molecule has 4 rings (SSSR count). The first-order valence-electron chi connectivity index (χ1n) is 9.48. The van der Waals surface area contributed by atoms with Gasteiger partial charge in [-0.2, -0.15) is 0 Å². The van der Waals surface area contributed by atoms with Crippen LogP contribution in [0, 0.1) is 6.92 Å². The molecule has 0 N–H and O–H groups in total. The zero-order valence-electron chi connectivity index (χ0n) is 16.1. The number of ketones is 1. The summed E-state index contributed by atoms with van der Waals surface area (Å²) in [5.41, 5.74) is 4.78. The highest BCUT2D eigenvalue weighted by atomic mass is 16.5. The maximum atomic E-state index is 12.8. The first-order valence-corrected chi connectivity index (χ1v) is 9.48. The lowest BCUT2D eigenvalue weighted by Crippen LogP contribution is -2.00. The van der Waals surface area contributed by atoms with Crippen molar-refractivity contribution in [2.75, 3.05) is 0 Å². The van der Waals surface area contributed by atoms with E-state index in [0.29, 0.717) is 29.4 Å². The maximum absolute atomic E-state index is 12.8. The highest BCUT2D eigenvalue weighted by Gasteiger charge is 2.30. The monoisotopic (exact) mass is 370 g/mol. The molecule has 140 valence electrons. The Balaban J connectivity index is 1.55. The van der Waals surface area contributed by atoms with Crippen molar-refractivity contribution in [3.8, 4) is 11.5 Å². The van der Waals surface area contributed by atoms with E-state index in [1.54, 1.807) is 12.1 Å². The zero-order chi connectivity index (χ0) is 19.5. The Morgan fingerprint density at radius 3 is 2.43 bits per heavy atom. The van der Waals surface area contributed by atoms with Crippen LogP contribution >= 0.6 is 0 Å². The fourth-order valence-electron chi connectivity index (χ4n) is 3.30. The molecule has 0 aliphatic carbocycles. The predicted octanol–water partition coefficient (Wildman–Crippen LogP) is 5.75. The van der Waals surface area contributed by atoms with E-state index in [9.17, 15) is 4.79 Å². The second kappa shape index (κ2) is 7.73. The molecule has 3 heteroatoms. The third kappa shape index (κ3) is 3.70. The van der Waals surface area contributed by atoms with Gasteiger partial charge in [0.25, 0.3) is 0 Å². The van der Waals surface area contributed by atoms with E-state index < -0.39 is 0 Å². The Bertz CT molecular complexity index is 1030. The van der Waals surface area contributed by atoms with Gasteiger partial charge in [0.2, 0.25) is 5.78 Å². The summed E-state index contributed by atoms with van der Waals surface area (Å²) in [5, 5.41) is 0. The molecule has 0 bridgehead atoms. The number of fused-ring (bicyclic) bond motifs is 1. The minimum absolute atomic E-state index is 0.0818. The number of hydrogen-bond donors (Lipinski definition) is 0. The van der Waals surface area contributed by atoms with Crippen molar-refractivity contribution in [1.29, 1.82) is 0 Å². The summed E-state index contributed by atoms with van der Waals surface area (Å²) in [6.45, 7) is 4.50. The van der Waals surface area contributed by atoms with E-state index in [1.165, 1.54) is 5.56 Å². The van der Waals surface area contributed by atoms with Crippen LogP contribution in [0.15, 0.2) is 72.5 Å². The van der Waals surface area contributed by atoms with E-state index in [2.05, 4.69) is 19.1 Å². The lowest BCUT2D eigenvalue weighted by atomic mass is 10.0. The topological polar surface area (TPSA) is 35.5 Å². The summed E-state index contributed by atoms with van der Waals surface area (Å²) in [6.07, 6.45) is 2.79. The van der Waals surface area contributed by atoms with Gasteiger partial charge in [0, 0.05) is 6.07 Å². The van der Waals surface area contributed by atoms with Crippen molar-refractivity contribution >= 4 is 11.9 Å². The lowest BCUT2D eigenvalue weighted by molar-refractivity contribution is 0.101. The van der Waals surface area contributed by atoms with Crippen LogP contribution in [0.3, 0.4) is 0 Å². The molecular weight excluding hydrogens is 348 g/mol. The number of aryl methyl sites for hydroxylation is 2. The Morgan fingerprint density at radius 1 is 0.964 bits per heavy atom. The fourth-order valence-corrected chi connectivity index (χ4v) is 3.30. The van der Waals surface area contributed by atoms with Crippen molar-refractivity contribution in [3.05, 3.63) is 100 Å². The average molecular weight is 370 g/mol. The van der Waals surface area contributed by atoms with Crippen molar-refractivity contribution in [2.45, 2.75) is 26.9 Å². The molecule has 0 aromatic heterocycles. The number of benzene rings is 3. The normalized spacial score (nSPS) is 14.1. The predicted molar refractivity (Wildman–Crippen MR) is 111 cm³/mol. The number of rotatable bonds is 5. The SMILES string of the molecule is CCc1ccc(/C=C2\Oc3cc(OCc4ccccc4)cc(C)c3C2=O)cc1. The molecule has 3 aromatic carbocycles. The standard InChI is InChI=1S/C25H22O3/c1-3-18-9-11-19(12-10-18)14-23-25(26)24-17(2)13-21(15-22(24)28-23)27-16-20-7-5-4-6-8-20/h4-15H,3,16H2,1-2H3/b23-14-. The number of ether oxygens (including phenoxy) is 2. The van der Waals surface area contributed by atoms with Crippen LogP contribution in [-0.4, -0.2) is 5.78 Å². The summed E-state index contributed by atoms with van der Waals surface area (Å²) in [6, 6.07) is 21.8. The Labute approximate surface area is 165 Å². The van der Waals surface area contributed by atoms with E-state index in [-0.39, 0.29) is 5.78 Å². The van der Waals surface area contributed by atoms with Crippen LogP contribution in [0.1, 0.15) is 39.5 Å². The molecule has 0 saturated carbocycles. The van der Waals surface area contributed by atoms with Crippen LogP contribution in [0.4, 0.5) is 0 Å². The van der Waals surface area contributed by atoms with Gasteiger partial charge in [-0.05, 0) is 47.7 Å². The van der Waals surface area contributed by atoms with Gasteiger partial charge in [-0.3, -0.25) is 4.79 Å². The molecule has 0 amide bonds. The van der Waals surface area contributed by atoms with Gasteiger partial charge >= 0.3 is 0 Å². The molecule has 28 heavy (non-hydrogen) atoms. The summed E-state index contributed by atoms with van der Waals surface area (Å²) >= 11 is 0. The highest BCUT2D eigenvalue weighted by Crippen LogP contribution is 2.37. The molecular formula is C25H22O3. The molecule has 3 nitrogen and oxygen atoms in total. The minimum atomic E-state index is -0.0818. The Morgan fingerprint density at radius 2 is 1.71 bits per heavy atom. The zero-order valence-corrected chi connectivity index (χ0v) is 16.1. The van der Waals surface area contributed by atoms with Crippen LogP contribution in [-0.2, 0) is 13.0 Å². The third-order valence-electron chi connectivity index (χ3n) is 4.88. The van der Waals surface area contributed by atoms with Crippen LogP contribution in [0.2, 0.25) is 0 Å². The number of hydrogen-bond acceptors (Lipinski definition) is 3. The number of carbonyl (C=O) groups excluding carboxylic acids is 1. The van der Waals surface area contributed by atoms with E-state index >= 15 is 0 Å². The van der Waals surface area contributed by atoms with Crippen LogP contribution < -0.4 is 9.47 Å². The molecule has 0 fully saturated rings. The first-order chi connectivity index (χ1) is 13.6. The summed E-state index contributed by atoms with van der Waals surface area (Å²) < 4.78 is 11.8. The summed E-state index contributed by atoms with van der Waals surface area (Å²) in [4.78, 5) is 12.8. The number of allylic oxidation sites excluding steroid dienone is 1. The fraction of sp³-hybridized carbons (Fsp3) is 0.160. The van der Waals surface area contributed by atoms with Gasteiger partial charge in [-0.25, -0.2) is 0 Å². The van der Waals surface area contributed by atoms with Gasteiger partial charge in [0.1, 0.15) is 18.1 Å². The Kier molecular flexibility index (Phi) is 4.98. The molecule has 1 aliphatic rings. The highest BCUT2D eigenvalue weighted by molar-refractivity contribution is 6.15. The molecule has 1 heterocycles. The van der Waals surface area contributed by atoms with E-state index in [0.717, 1.165) is 23.1 Å². The van der Waals surface area contributed by atoms with Gasteiger partial charge in [-0.15, -0.1) is 0 Å². The number of carbonyl (C=O) groups is 1. The average Bonchev–Trinajstić information content (AvgIpc) is 3.03. The quantitative estimate of drug-likeness (QED) is 0.536. The van der Waals surface area contributed by atoms with Gasteiger partial charge in [0.15, 0.2) is 5.76 Å². The van der Waals surface area contributed by atoms with Crippen molar-refractivity contribution in [2.24, 2.45) is 0 Å². The molecule has 0 unspecified atom stereocenters. The maximum Gasteiger partial charge on any atom is 0.232 e. The van der Waals surface area contributed by atoms with Gasteiger partial charge in [0.05, 0.1) is 5.56 Å². The summed E-state index contributed by atoms with van der Waals surface area (Å²) in [5.74, 6) is 1.52. The molecule has 1 aliphatic heterocycles. The van der Waals surface area contributed by atoms with Crippen molar-refractivity contribution in [3.63, 3.8) is 0 Å². The molecule has 0 radical (unpaired) electrons. The van der Waals surface area contributed by atoms with Crippen LogP contribution in [0.25, 0.3) is 6.08 Å². The Hall–Kier alpha value is -3.33. The largest absolute Gasteiger partial charge is 0.489 e. The van der Waals surface area contributed by atoms with Crippen LogP contribution in [0.5, 0.6) is 11.5 Å². The van der Waals surface area contributed by atoms with E-state index in [4.69, 9.17) is 9.47 Å². The summed E-state index contributed by atoms with van der Waals surface area (Å²) in [7, 11) is 0. The van der Waals surface area contributed by atoms with Gasteiger partial charge < -0.3 is 9.47 Å². The van der Waals surface area contributed by atoms with Gasteiger partial charge in [-0.1, -0.05) is 61.5 Å². The molecule has 0 atom stereocenters. The second-order valence-electron chi connectivity index (χ2n) is 6.92. The smallest absolute Gasteiger partial charge is 0.232 e. The lowest BCUT2D eigenvalue weighted by Gasteiger charge is -2.09. The van der Waals surface area contributed by atoms with Crippen molar-refractivity contribution < 1.29 is 14.3 Å². The first kappa shape index (κ1) is 18.1. The minimum Gasteiger partial charge on any atom is -0.489 e. The third-order valence-corrected chi connectivity index (χ3v) is 4.88. The molecule has 0 spiro atoms. The molecule has 3 aromatic rings. The number of Topliss-reactive ketones (excluding diaryl/α,β-unsaturated/α-hetero) is 1. The van der Waals surface area contributed by atoms with Crippen molar-refractivity contribution in [1.82, 2.24) is 0 Å². The van der Waals surface area contributed by atoms with E-state index in [1.807, 2.05) is 55.5 Å². The molecule has 0 saturated heterocycles. The second-order valence-corrected chi connectivity index (χ2v) is 6.92.